The van der Waals surface area contributed by atoms with E-state index in [9.17, 15) is 14.9 Å². The van der Waals surface area contributed by atoms with Crippen LogP contribution in [0.3, 0.4) is 0 Å². The van der Waals surface area contributed by atoms with Gasteiger partial charge < -0.3 is 10.4 Å². The fourth-order valence-corrected chi connectivity index (χ4v) is 1.35. The van der Waals surface area contributed by atoms with Crippen LogP contribution in [0.15, 0.2) is 18.2 Å². The molecule has 92 valence electrons. The number of hydrogen-bond donors (Lipinski definition) is 2. The molecule has 0 spiro atoms. The molecule has 0 aliphatic carbocycles. The Hall–Kier alpha value is -1.95. The Kier molecular flexibility index (Phi) is 4.59. The van der Waals surface area contributed by atoms with E-state index in [1.54, 1.807) is 13.0 Å². The van der Waals surface area contributed by atoms with Crippen molar-refractivity contribution in [2.45, 2.75) is 19.8 Å². The molecule has 1 aromatic rings. The largest absolute Gasteiger partial charge is 0.396 e. The second-order valence-electron chi connectivity index (χ2n) is 3.65. The number of carbonyl (C=O) groups excluding carboxylic acids is 1. The fraction of sp³-hybridized carbons (Fsp3) is 0.364. The van der Waals surface area contributed by atoms with Crippen molar-refractivity contribution in [2.24, 2.45) is 0 Å². The van der Waals surface area contributed by atoms with E-state index in [0.717, 1.165) is 5.56 Å². The van der Waals surface area contributed by atoms with Gasteiger partial charge in [0.25, 0.3) is 5.69 Å². The summed E-state index contributed by atoms with van der Waals surface area (Å²) in [6, 6.07) is 4.60. The highest BCUT2D eigenvalue weighted by molar-refractivity contribution is 5.93. The van der Waals surface area contributed by atoms with E-state index in [1.807, 2.05) is 0 Å². The smallest absolute Gasteiger partial charge is 0.293 e. The van der Waals surface area contributed by atoms with E-state index in [-0.39, 0.29) is 30.3 Å². The highest BCUT2D eigenvalue weighted by Crippen LogP contribution is 2.25. The molecule has 17 heavy (non-hydrogen) atoms. The molecule has 0 atom stereocenters. The van der Waals surface area contributed by atoms with Crippen LogP contribution in [-0.4, -0.2) is 22.5 Å². The maximum atomic E-state index is 11.4. The lowest BCUT2D eigenvalue weighted by atomic mass is 10.2. The number of nitro groups is 1. The molecular formula is C11H14N2O4. The Morgan fingerprint density at radius 3 is 2.82 bits per heavy atom. The van der Waals surface area contributed by atoms with Gasteiger partial charge in [0.05, 0.1) is 4.92 Å². The number of amides is 1. The molecule has 0 saturated heterocycles. The van der Waals surface area contributed by atoms with Crippen LogP contribution in [0, 0.1) is 17.0 Å². The molecule has 6 nitrogen and oxygen atoms in total. The normalized spacial score (nSPS) is 10.0. The topological polar surface area (TPSA) is 92.5 Å². The minimum Gasteiger partial charge on any atom is -0.396 e. The van der Waals surface area contributed by atoms with E-state index in [2.05, 4.69) is 5.32 Å². The molecule has 6 heteroatoms. The zero-order chi connectivity index (χ0) is 12.8. The van der Waals surface area contributed by atoms with Crippen molar-refractivity contribution < 1.29 is 14.8 Å². The molecule has 0 saturated carbocycles. The number of nitrogens with zero attached hydrogens (tertiary/aromatic N) is 1. The van der Waals surface area contributed by atoms with Crippen molar-refractivity contribution in [3.63, 3.8) is 0 Å². The minimum absolute atomic E-state index is 0.0799. The molecule has 0 aromatic heterocycles. The average molecular weight is 238 g/mol. The van der Waals surface area contributed by atoms with Crippen LogP contribution >= 0.6 is 0 Å². The monoisotopic (exact) mass is 238 g/mol. The summed E-state index contributed by atoms with van der Waals surface area (Å²) < 4.78 is 0. The first-order chi connectivity index (χ1) is 8.04. The molecule has 0 heterocycles. The predicted molar refractivity (Wildman–Crippen MR) is 62.8 cm³/mol. The number of nitrogens with one attached hydrogen (secondary N) is 1. The molecule has 0 fully saturated rings. The molecule has 2 N–H and O–H groups in total. The number of aliphatic hydroxyl groups excluding tert-OH is 1. The minimum atomic E-state index is -0.533. The lowest BCUT2D eigenvalue weighted by Gasteiger charge is -2.06. The summed E-state index contributed by atoms with van der Waals surface area (Å²) in [6.07, 6.45) is 0.479. The van der Waals surface area contributed by atoms with Gasteiger partial charge in [-0.25, -0.2) is 0 Å². The summed E-state index contributed by atoms with van der Waals surface area (Å²) in [6.45, 7) is 1.66. The van der Waals surface area contributed by atoms with Gasteiger partial charge in [0, 0.05) is 19.1 Å². The van der Waals surface area contributed by atoms with Gasteiger partial charge in [0.15, 0.2) is 0 Å². The maximum absolute atomic E-state index is 11.4. The Bertz CT molecular complexity index is 431. The van der Waals surface area contributed by atoms with Gasteiger partial charge in [0.1, 0.15) is 5.69 Å². The van der Waals surface area contributed by atoms with Crippen molar-refractivity contribution >= 4 is 17.3 Å². The summed E-state index contributed by atoms with van der Waals surface area (Å²) in [4.78, 5) is 21.6. The molecule has 0 radical (unpaired) electrons. The quantitative estimate of drug-likeness (QED) is 0.602. The third-order valence-corrected chi connectivity index (χ3v) is 2.19. The third-order valence-electron chi connectivity index (χ3n) is 2.19. The predicted octanol–water partition coefficient (Wildman–Crippen LogP) is 1.61. The van der Waals surface area contributed by atoms with Crippen molar-refractivity contribution in [3.05, 3.63) is 33.9 Å². The molecular weight excluding hydrogens is 224 g/mol. The van der Waals surface area contributed by atoms with Gasteiger partial charge in [0.2, 0.25) is 5.91 Å². The first kappa shape index (κ1) is 13.1. The lowest BCUT2D eigenvalue weighted by molar-refractivity contribution is -0.384. The number of anilines is 1. The molecule has 1 amide bonds. The summed E-state index contributed by atoms with van der Waals surface area (Å²) in [7, 11) is 0. The summed E-state index contributed by atoms with van der Waals surface area (Å²) in [5, 5.41) is 21.8. The van der Waals surface area contributed by atoms with E-state index in [0.29, 0.717) is 6.42 Å². The molecule has 0 bridgehead atoms. The first-order valence-corrected chi connectivity index (χ1v) is 5.20. The van der Waals surface area contributed by atoms with Crippen LogP contribution in [0.25, 0.3) is 0 Å². The number of carbonyl (C=O) groups is 1. The summed E-state index contributed by atoms with van der Waals surface area (Å²) >= 11 is 0. The number of aryl methyl sites for hydroxylation is 1. The van der Waals surface area contributed by atoms with Crippen LogP contribution < -0.4 is 5.32 Å². The first-order valence-electron chi connectivity index (χ1n) is 5.20. The van der Waals surface area contributed by atoms with E-state index in [4.69, 9.17) is 5.11 Å². The second-order valence-corrected chi connectivity index (χ2v) is 3.65. The van der Waals surface area contributed by atoms with Crippen LogP contribution in [0.1, 0.15) is 18.4 Å². The lowest BCUT2D eigenvalue weighted by Crippen LogP contribution is -2.13. The van der Waals surface area contributed by atoms with Gasteiger partial charge in [-0.05, 0) is 25.0 Å². The van der Waals surface area contributed by atoms with Gasteiger partial charge in [-0.2, -0.15) is 0 Å². The van der Waals surface area contributed by atoms with Gasteiger partial charge in [-0.15, -0.1) is 0 Å². The Morgan fingerprint density at radius 1 is 1.53 bits per heavy atom. The van der Waals surface area contributed by atoms with Crippen LogP contribution in [0.4, 0.5) is 11.4 Å². The fourth-order valence-electron chi connectivity index (χ4n) is 1.35. The zero-order valence-corrected chi connectivity index (χ0v) is 9.47. The Morgan fingerprint density at radius 2 is 2.24 bits per heavy atom. The molecule has 0 aliphatic rings. The van der Waals surface area contributed by atoms with E-state index < -0.39 is 4.92 Å². The van der Waals surface area contributed by atoms with Crippen LogP contribution in [-0.2, 0) is 4.79 Å². The highest BCUT2D eigenvalue weighted by Gasteiger charge is 2.15. The van der Waals surface area contributed by atoms with Crippen molar-refractivity contribution in [2.75, 3.05) is 11.9 Å². The Labute approximate surface area is 98.4 Å². The average Bonchev–Trinajstić information content (AvgIpc) is 2.28. The van der Waals surface area contributed by atoms with Gasteiger partial charge in [-0.1, -0.05) is 6.07 Å². The molecule has 0 unspecified atom stereocenters. The number of benzene rings is 1. The summed E-state index contributed by atoms with van der Waals surface area (Å²) in [5.74, 6) is -0.342. The highest BCUT2D eigenvalue weighted by atomic mass is 16.6. The number of aliphatic hydroxyl groups is 1. The van der Waals surface area contributed by atoms with Crippen molar-refractivity contribution in [3.8, 4) is 0 Å². The zero-order valence-electron chi connectivity index (χ0n) is 9.47. The van der Waals surface area contributed by atoms with Crippen LogP contribution in [0.2, 0.25) is 0 Å². The van der Waals surface area contributed by atoms with E-state index >= 15 is 0 Å². The SMILES string of the molecule is Cc1ccc(NC(=O)CCCO)c([N+](=O)[O-])c1. The third kappa shape index (κ3) is 3.84. The molecule has 1 aromatic carbocycles. The molecule has 0 aliphatic heterocycles. The Balaban J connectivity index is 2.83. The second kappa shape index (κ2) is 5.95. The van der Waals surface area contributed by atoms with Gasteiger partial charge in [-0.3, -0.25) is 14.9 Å². The summed E-state index contributed by atoms with van der Waals surface area (Å²) in [5.41, 5.74) is 0.816. The van der Waals surface area contributed by atoms with Gasteiger partial charge >= 0.3 is 0 Å². The standard InChI is InChI=1S/C11H14N2O4/c1-8-4-5-9(10(7-8)13(16)17)12-11(15)3-2-6-14/h4-5,7,14H,2-3,6H2,1H3,(H,12,15). The van der Waals surface area contributed by atoms with Crippen LogP contribution in [0.5, 0.6) is 0 Å². The number of rotatable bonds is 5. The maximum Gasteiger partial charge on any atom is 0.293 e. The number of nitro benzene ring substituents is 1. The van der Waals surface area contributed by atoms with Crippen molar-refractivity contribution in [1.82, 2.24) is 0 Å². The number of hydrogen-bond acceptors (Lipinski definition) is 4. The van der Waals surface area contributed by atoms with Crippen molar-refractivity contribution in [1.29, 1.82) is 0 Å². The van der Waals surface area contributed by atoms with E-state index in [1.165, 1.54) is 12.1 Å². The molecule has 1 rings (SSSR count).